The number of esters is 1. The van der Waals surface area contributed by atoms with Crippen molar-refractivity contribution in [2.45, 2.75) is 13.8 Å². The lowest BCUT2D eigenvalue weighted by Crippen LogP contribution is -2.17. The number of carboxylic acids is 1. The zero-order valence-corrected chi connectivity index (χ0v) is 12.6. The predicted octanol–water partition coefficient (Wildman–Crippen LogP) is 2.38. The van der Waals surface area contributed by atoms with Crippen molar-refractivity contribution in [1.82, 2.24) is 15.0 Å². The van der Waals surface area contributed by atoms with Gasteiger partial charge in [-0.2, -0.15) is 0 Å². The summed E-state index contributed by atoms with van der Waals surface area (Å²) in [5.74, 6) is -1.92. The molecule has 0 spiro atoms. The van der Waals surface area contributed by atoms with Crippen molar-refractivity contribution in [3.8, 4) is 11.3 Å². The Morgan fingerprint density at radius 3 is 2.59 bits per heavy atom. The Balaban J connectivity index is 2.72. The van der Waals surface area contributed by atoms with Crippen LogP contribution in [0.25, 0.3) is 11.3 Å². The zero-order chi connectivity index (χ0) is 16.3. The number of ether oxygens (including phenoxy) is 1. The summed E-state index contributed by atoms with van der Waals surface area (Å²) in [7, 11) is 0. The van der Waals surface area contributed by atoms with Gasteiger partial charge in [0.15, 0.2) is 5.69 Å². The fraction of sp³-hybridized carbons (Fsp3) is 0.214. The van der Waals surface area contributed by atoms with Crippen molar-refractivity contribution in [2.24, 2.45) is 0 Å². The molecule has 22 heavy (non-hydrogen) atoms. The molecule has 8 heteroatoms. The van der Waals surface area contributed by atoms with Gasteiger partial charge in [0.2, 0.25) is 0 Å². The van der Waals surface area contributed by atoms with Crippen molar-refractivity contribution < 1.29 is 19.4 Å². The van der Waals surface area contributed by atoms with Crippen LogP contribution in [0.5, 0.6) is 0 Å². The van der Waals surface area contributed by atoms with E-state index in [-0.39, 0.29) is 28.8 Å². The van der Waals surface area contributed by atoms with Gasteiger partial charge in [-0.1, -0.05) is 11.6 Å². The lowest BCUT2D eigenvalue weighted by molar-refractivity contribution is 0.0513. The Labute approximate surface area is 131 Å². The van der Waals surface area contributed by atoms with Crippen LogP contribution in [0.15, 0.2) is 18.3 Å². The van der Waals surface area contributed by atoms with Gasteiger partial charge in [0.05, 0.1) is 12.3 Å². The second kappa shape index (κ2) is 6.48. The molecule has 114 valence electrons. The number of aromatic carboxylic acids is 1. The van der Waals surface area contributed by atoms with E-state index >= 15 is 0 Å². The molecule has 0 aliphatic carbocycles. The van der Waals surface area contributed by atoms with Crippen LogP contribution in [0.1, 0.15) is 33.6 Å². The third kappa shape index (κ3) is 3.20. The average molecular weight is 322 g/mol. The van der Waals surface area contributed by atoms with E-state index < -0.39 is 17.6 Å². The summed E-state index contributed by atoms with van der Waals surface area (Å²) in [5, 5.41) is 9.56. The number of carboxylic acid groups (broad SMARTS) is 1. The first kappa shape index (κ1) is 15.8. The van der Waals surface area contributed by atoms with Crippen molar-refractivity contribution in [1.29, 1.82) is 0 Å². The Morgan fingerprint density at radius 2 is 2.05 bits per heavy atom. The molecular formula is C14H12ClN3O4. The van der Waals surface area contributed by atoms with Crippen LogP contribution in [0.4, 0.5) is 0 Å². The molecule has 0 atom stereocenters. The van der Waals surface area contributed by atoms with E-state index in [4.69, 9.17) is 16.3 Å². The number of hydrogen-bond acceptors (Lipinski definition) is 6. The molecule has 0 aromatic carbocycles. The maximum Gasteiger partial charge on any atom is 0.355 e. The number of hydrogen-bond donors (Lipinski definition) is 1. The highest BCUT2D eigenvalue weighted by Gasteiger charge is 2.26. The number of carbonyl (C=O) groups excluding carboxylic acids is 1. The molecule has 0 aliphatic heterocycles. The highest BCUT2D eigenvalue weighted by atomic mass is 35.5. The van der Waals surface area contributed by atoms with Crippen molar-refractivity contribution in [2.75, 3.05) is 6.61 Å². The monoisotopic (exact) mass is 321 g/mol. The number of carbonyl (C=O) groups is 2. The second-order valence-corrected chi connectivity index (χ2v) is 4.63. The van der Waals surface area contributed by atoms with Crippen molar-refractivity contribution >= 4 is 23.5 Å². The first-order valence-corrected chi connectivity index (χ1v) is 6.72. The van der Waals surface area contributed by atoms with E-state index in [2.05, 4.69) is 15.0 Å². The topological polar surface area (TPSA) is 102 Å². The fourth-order valence-corrected chi connectivity index (χ4v) is 1.96. The van der Waals surface area contributed by atoms with E-state index in [9.17, 15) is 14.7 Å². The third-order valence-corrected chi connectivity index (χ3v) is 2.93. The molecule has 0 fully saturated rings. The van der Waals surface area contributed by atoms with E-state index in [1.54, 1.807) is 13.0 Å². The van der Waals surface area contributed by atoms with E-state index in [1.807, 2.05) is 0 Å². The maximum absolute atomic E-state index is 12.1. The fourth-order valence-electron chi connectivity index (χ4n) is 1.85. The summed E-state index contributed by atoms with van der Waals surface area (Å²) in [6.45, 7) is 3.26. The largest absolute Gasteiger partial charge is 0.476 e. The molecule has 2 heterocycles. The molecule has 0 saturated heterocycles. The maximum atomic E-state index is 12.1. The molecule has 0 unspecified atom stereocenters. The Kier molecular flexibility index (Phi) is 4.67. The minimum absolute atomic E-state index is 0.101. The molecular weight excluding hydrogens is 310 g/mol. The molecule has 0 aliphatic rings. The van der Waals surface area contributed by atoms with Crippen LogP contribution in [0.3, 0.4) is 0 Å². The highest BCUT2D eigenvalue weighted by Crippen LogP contribution is 2.25. The summed E-state index contributed by atoms with van der Waals surface area (Å²) in [6.07, 6.45) is 1.40. The lowest BCUT2D eigenvalue weighted by Gasteiger charge is -2.11. The van der Waals surface area contributed by atoms with Crippen LogP contribution >= 0.6 is 11.6 Å². The summed E-state index contributed by atoms with van der Waals surface area (Å²) in [4.78, 5) is 35.4. The highest BCUT2D eigenvalue weighted by molar-refractivity contribution is 6.29. The second-order valence-electron chi connectivity index (χ2n) is 4.24. The number of aryl methyl sites for hydroxylation is 1. The summed E-state index contributed by atoms with van der Waals surface area (Å²) >= 11 is 5.73. The van der Waals surface area contributed by atoms with Gasteiger partial charge >= 0.3 is 11.9 Å². The van der Waals surface area contributed by atoms with Gasteiger partial charge in [0, 0.05) is 11.8 Å². The minimum atomic E-state index is -1.34. The van der Waals surface area contributed by atoms with Gasteiger partial charge in [-0.05, 0) is 26.0 Å². The van der Waals surface area contributed by atoms with Crippen LogP contribution in [-0.4, -0.2) is 38.6 Å². The smallest absolute Gasteiger partial charge is 0.355 e. The first-order chi connectivity index (χ1) is 10.4. The van der Waals surface area contributed by atoms with Crippen molar-refractivity contribution in [3.05, 3.63) is 40.6 Å². The van der Waals surface area contributed by atoms with Crippen molar-refractivity contribution in [3.63, 3.8) is 0 Å². The molecule has 7 nitrogen and oxygen atoms in total. The number of halogens is 1. The average Bonchev–Trinajstić information content (AvgIpc) is 2.47. The SMILES string of the molecule is CCOC(=O)c1c(C(=O)O)nc(C)nc1-c1ccc(Cl)nc1. The summed E-state index contributed by atoms with van der Waals surface area (Å²) in [6, 6.07) is 3.11. The van der Waals surface area contributed by atoms with Crippen LogP contribution < -0.4 is 0 Å². The number of rotatable bonds is 4. The van der Waals surface area contributed by atoms with Crippen LogP contribution in [0.2, 0.25) is 5.15 Å². The molecule has 1 N–H and O–H groups in total. The van der Waals surface area contributed by atoms with E-state index in [1.165, 1.54) is 19.2 Å². The van der Waals surface area contributed by atoms with Crippen LogP contribution in [0, 0.1) is 6.92 Å². The predicted molar refractivity (Wildman–Crippen MR) is 77.9 cm³/mol. The minimum Gasteiger partial charge on any atom is -0.476 e. The number of nitrogens with zero attached hydrogens (tertiary/aromatic N) is 3. The molecule has 2 rings (SSSR count). The summed E-state index contributed by atoms with van der Waals surface area (Å²) < 4.78 is 4.92. The van der Waals surface area contributed by atoms with E-state index in [0.29, 0.717) is 5.56 Å². The Hall–Kier alpha value is -2.54. The molecule has 2 aromatic rings. The lowest BCUT2D eigenvalue weighted by atomic mass is 10.1. The Bertz CT molecular complexity index is 732. The number of aromatic nitrogens is 3. The van der Waals surface area contributed by atoms with Gasteiger partial charge in [0.1, 0.15) is 16.5 Å². The standard InChI is InChI=1S/C14H12ClN3O4/c1-3-22-14(21)10-11(8-4-5-9(15)16-6-8)17-7(2)18-12(10)13(19)20/h4-6H,3H2,1-2H3,(H,19,20). The molecule has 0 amide bonds. The third-order valence-electron chi connectivity index (χ3n) is 2.70. The quantitative estimate of drug-likeness (QED) is 0.681. The van der Waals surface area contributed by atoms with Gasteiger partial charge in [-0.25, -0.2) is 24.5 Å². The summed E-state index contributed by atoms with van der Waals surface area (Å²) in [5.41, 5.74) is -0.0204. The van der Waals surface area contributed by atoms with Gasteiger partial charge < -0.3 is 9.84 Å². The molecule has 0 bridgehead atoms. The van der Waals surface area contributed by atoms with Crippen LogP contribution in [-0.2, 0) is 4.74 Å². The Morgan fingerprint density at radius 1 is 1.32 bits per heavy atom. The first-order valence-electron chi connectivity index (χ1n) is 6.35. The van der Waals surface area contributed by atoms with Gasteiger partial charge in [-0.3, -0.25) is 0 Å². The normalized spacial score (nSPS) is 10.3. The van der Waals surface area contributed by atoms with E-state index in [0.717, 1.165) is 0 Å². The van der Waals surface area contributed by atoms with Gasteiger partial charge in [0.25, 0.3) is 0 Å². The zero-order valence-electron chi connectivity index (χ0n) is 11.8. The van der Waals surface area contributed by atoms with Gasteiger partial charge in [-0.15, -0.1) is 0 Å². The molecule has 0 saturated carbocycles. The molecule has 0 radical (unpaired) electrons. The number of pyridine rings is 1. The molecule has 2 aromatic heterocycles.